The molecule has 94 valence electrons. The second kappa shape index (κ2) is 6.19. The number of nitrogens with one attached hydrogen (secondary N) is 1. The maximum absolute atomic E-state index is 6.24. The Kier molecular flexibility index (Phi) is 4.86. The van der Waals surface area contributed by atoms with Crippen molar-refractivity contribution in [2.45, 2.75) is 25.9 Å². The molecule has 0 spiro atoms. The molecule has 2 rings (SSSR count). The molecule has 0 bridgehead atoms. The van der Waals surface area contributed by atoms with Gasteiger partial charge in [-0.15, -0.1) is 0 Å². The van der Waals surface area contributed by atoms with E-state index >= 15 is 0 Å². The van der Waals surface area contributed by atoms with E-state index in [1.807, 2.05) is 12.1 Å². The maximum Gasteiger partial charge on any atom is 0.0451 e. The number of hydrogen-bond acceptors (Lipinski definition) is 2. The molecule has 0 saturated carbocycles. The van der Waals surface area contributed by atoms with Crippen molar-refractivity contribution in [3.63, 3.8) is 0 Å². The second-order valence-electron chi connectivity index (χ2n) is 4.52. The lowest BCUT2D eigenvalue weighted by molar-refractivity contribution is 0.138. The van der Waals surface area contributed by atoms with E-state index in [0.717, 1.165) is 35.7 Å². The molecule has 17 heavy (non-hydrogen) atoms. The average molecular weight is 318 g/mol. The number of benzene rings is 1. The first-order valence-electron chi connectivity index (χ1n) is 6.09. The Morgan fingerprint density at radius 1 is 1.47 bits per heavy atom. The fourth-order valence-electron chi connectivity index (χ4n) is 2.09. The van der Waals surface area contributed by atoms with Crippen LogP contribution in [-0.4, -0.2) is 30.6 Å². The van der Waals surface area contributed by atoms with Gasteiger partial charge in [-0.1, -0.05) is 34.5 Å². The predicted octanol–water partition coefficient (Wildman–Crippen LogP) is 3.29. The van der Waals surface area contributed by atoms with Crippen LogP contribution < -0.4 is 5.32 Å². The fourth-order valence-corrected chi connectivity index (χ4v) is 2.68. The smallest absolute Gasteiger partial charge is 0.0451 e. The van der Waals surface area contributed by atoms with Crippen molar-refractivity contribution in [1.82, 2.24) is 10.2 Å². The van der Waals surface area contributed by atoms with Gasteiger partial charge in [-0.05, 0) is 36.7 Å². The van der Waals surface area contributed by atoms with Crippen LogP contribution in [-0.2, 0) is 6.54 Å². The van der Waals surface area contributed by atoms with E-state index in [4.69, 9.17) is 11.6 Å². The highest BCUT2D eigenvalue weighted by Crippen LogP contribution is 2.23. The lowest BCUT2D eigenvalue weighted by atomic mass is 10.1. The van der Waals surface area contributed by atoms with Crippen molar-refractivity contribution in [3.8, 4) is 0 Å². The van der Waals surface area contributed by atoms with Crippen LogP contribution in [0.4, 0.5) is 0 Å². The zero-order chi connectivity index (χ0) is 12.3. The summed E-state index contributed by atoms with van der Waals surface area (Å²) in [5, 5.41) is 4.19. The molecule has 0 amide bonds. The van der Waals surface area contributed by atoms with Crippen LogP contribution in [0.2, 0.25) is 5.02 Å². The molecule has 0 aliphatic carbocycles. The standard InChI is InChI=1S/C13H18BrClN2/c1-2-5-17(12-7-16-8-12)9-10-6-11(14)3-4-13(10)15/h3-4,6,12,16H,2,5,7-9H2,1H3. The van der Waals surface area contributed by atoms with Gasteiger partial charge in [0.25, 0.3) is 0 Å². The first-order valence-corrected chi connectivity index (χ1v) is 7.26. The molecule has 1 aliphatic heterocycles. The van der Waals surface area contributed by atoms with Crippen molar-refractivity contribution in [2.75, 3.05) is 19.6 Å². The number of nitrogens with zero attached hydrogens (tertiary/aromatic N) is 1. The van der Waals surface area contributed by atoms with Gasteiger partial charge in [0, 0.05) is 35.2 Å². The van der Waals surface area contributed by atoms with Crippen molar-refractivity contribution in [1.29, 1.82) is 0 Å². The molecule has 2 nitrogen and oxygen atoms in total. The topological polar surface area (TPSA) is 15.3 Å². The van der Waals surface area contributed by atoms with Gasteiger partial charge in [0.2, 0.25) is 0 Å². The Bertz CT molecular complexity index is 380. The van der Waals surface area contributed by atoms with Gasteiger partial charge in [-0.2, -0.15) is 0 Å². The lowest BCUT2D eigenvalue weighted by Gasteiger charge is -2.38. The molecular formula is C13H18BrClN2. The zero-order valence-electron chi connectivity index (χ0n) is 10.0. The molecule has 0 radical (unpaired) electrons. The molecular weight excluding hydrogens is 300 g/mol. The Hall–Kier alpha value is -0.0900. The summed E-state index contributed by atoms with van der Waals surface area (Å²) in [4.78, 5) is 2.52. The van der Waals surface area contributed by atoms with E-state index < -0.39 is 0 Å². The van der Waals surface area contributed by atoms with Gasteiger partial charge in [-0.25, -0.2) is 0 Å². The fraction of sp³-hybridized carbons (Fsp3) is 0.538. The quantitative estimate of drug-likeness (QED) is 0.896. The maximum atomic E-state index is 6.24. The van der Waals surface area contributed by atoms with E-state index in [9.17, 15) is 0 Å². The van der Waals surface area contributed by atoms with Gasteiger partial charge in [0.15, 0.2) is 0 Å². The summed E-state index contributed by atoms with van der Waals surface area (Å²) < 4.78 is 1.10. The lowest BCUT2D eigenvalue weighted by Crippen LogP contribution is -2.57. The van der Waals surface area contributed by atoms with Crippen molar-refractivity contribution >= 4 is 27.5 Å². The predicted molar refractivity (Wildman–Crippen MR) is 76.5 cm³/mol. The van der Waals surface area contributed by atoms with Crippen molar-refractivity contribution in [2.24, 2.45) is 0 Å². The number of hydrogen-bond donors (Lipinski definition) is 1. The highest BCUT2D eigenvalue weighted by atomic mass is 79.9. The van der Waals surface area contributed by atoms with Crippen molar-refractivity contribution < 1.29 is 0 Å². The summed E-state index contributed by atoms with van der Waals surface area (Å²) in [5.41, 5.74) is 1.21. The molecule has 1 aliphatic rings. The Balaban J connectivity index is 2.07. The summed E-state index contributed by atoms with van der Waals surface area (Å²) in [5.74, 6) is 0. The summed E-state index contributed by atoms with van der Waals surface area (Å²) in [6, 6.07) is 6.74. The molecule has 1 saturated heterocycles. The largest absolute Gasteiger partial charge is 0.314 e. The van der Waals surface area contributed by atoms with Crippen LogP contribution in [0.3, 0.4) is 0 Å². The van der Waals surface area contributed by atoms with Gasteiger partial charge in [0.1, 0.15) is 0 Å². The number of rotatable bonds is 5. The Morgan fingerprint density at radius 3 is 2.82 bits per heavy atom. The summed E-state index contributed by atoms with van der Waals surface area (Å²) in [6.07, 6.45) is 1.18. The third-order valence-electron chi connectivity index (χ3n) is 3.17. The molecule has 1 heterocycles. The monoisotopic (exact) mass is 316 g/mol. The number of halogens is 2. The van der Waals surface area contributed by atoms with E-state index in [-0.39, 0.29) is 0 Å². The van der Waals surface area contributed by atoms with Crippen LogP contribution in [0.5, 0.6) is 0 Å². The minimum atomic E-state index is 0.671. The molecule has 1 fully saturated rings. The molecule has 1 N–H and O–H groups in total. The van der Waals surface area contributed by atoms with Gasteiger partial charge in [0.05, 0.1) is 0 Å². The summed E-state index contributed by atoms with van der Waals surface area (Å²) in [6.45, 7) is 6.51. The van der Waals surface area contributed by atoms with E-state index in [0.29, 0.717) is 6.04 Å². The van der Waals surface area contributed by atoms with Crippen LogP contribution in [0.1, 0.15) is 18.9 Å². The van der Waals surface area contributed by atoms with E-state index in [2.05, 4.69) is 39.1 Å². The summed E-state index contributed by atoms with van der Waals surface area (Å²) in [7, 11) is 0. The first-order chi connectivity index (χ1) is 8.20. The van der Waals surface area contributed by atoms with E-state index in [1.54, 1.807) is 0 Å². The molecule has 1 aromatic rings. The third-order valence-corrected chi connectivity index (χ3v) is 4.03. The zero-order valence-corrected chi connectivity index (χ0v) is 12.4. The van der Waals surface area contributed by atoms with E-state index in [1.165, 1.54) is 12.0 Å². The molecule has 0 atom stereocenters. The summed E-state index contributed by atoms with van der Waals surface area (Å²) >= 11 is 9.75. The molecule has 0 unspecified atom stereocenters. The van der Waals surface area contributed by atoms with Gasteiger partial charge >= 0.3 is 0 Å². The highest BCUT2D eigenvalue weighted by molar-refractivity contribution is 9.10. The molecule has 4 heteroatoms. The first kappa shape index (κ1) is 13.3. The van der Waals surface area contributed by atoms with Crippen LogP contribution >= 0.6 is 27.5 Å². The van der Waals surface area contributed by atoms with Gasteiger partial charge < -0.3 is 5.32 Å². The minimum absolute atomic E-state index is 0.671. The normalized spacial score (nSPS) is 16.2. The Morgan fingerprint density at radius 2 is 2.24 bits per heavy atom. The average Bonchev–Trinajstić information content (AvgIpc) is 2.21. The SMILES string of the molecule is CCCN(Cc1cc(Br)ccc1Cl)C1CNC1. The third kappa shape index (κ3) is 3.44. The highest BCUT2D eigenvalue weighted by Gasteiger charge is 2.24. The van der Waals surface area contributed by atoms with Crippen molar-refractivity contribution in [3.05, 3.63) is 33.3 Å². The van der Waals surface area contributed by atoms with Crippen LogP contribution in [0.25, 0.3) is 0 Å². The second-order valence-corrected chi connectivity index (χ2v) is 5.84. The Labute approximate surface area is 116 Å². The molecule has 1 aromatic carbocycles. The van der Waals surface area contributed by atoms with Gasteiger partial charge in [-0.3, -0.25) is 4.90 Å². The van der Waals surface area contributed by atoms with Crippen LogP contribution in [0.15, 0.2) is 22.7 Å². The van der Waals surface area contributed by atoms with Crippen LogP contribution in [0, 0.1) is 0 Å². The minimum Gasteiger partial charge on any atom is -0.314 e. The molecule has 0 aromatic heterocycles.